The van der Waals surface area contributed by atoms with Crippen LogP contribution >= 0.6 is 11.6 Å². The average molecular weight is 244 g/mol. The lowest BCUT2D eigenvalue weighted by atomic mass is 9.98. The van der Waals surface area contributed by atoms with E-state index in [4.69, 9.17) is 16.3 Å². The van der Waals surface area contributed by atoms with Crippen molar-refractivity contribution in [3.63, 3.8) is 0 Å². The Balaban J connectivity index is 2.34. The molecule has 2 nitrogen and oxygen atoms in total. The van der Waals surface area contributed by atoms with Crippen LogP contribution in [-0.4, -0.2) is 19.7 Å². The fourth-order valence-corrected chi connectivity index (χ4v) is 2.35. The molecular weight excluding hydrogens is 229 g/mol. The Kier molecular flexibility index (Phi) is 3.79. The van der Waals surface area contributed by atoms with Crippen LogP contribution < -0.4 is 5.32 Å². The van der Waals surface area contributed by atoms with E-state index in [-0.39, 0.29) is 6.10 Å². The lowest BCUT2D eigenvalue weighted by Crippen LogP contribution is -2.33. The zero-order valence-electron chi connectivity index (χ0n) is 9.17. The number of hydrogen-bond donors (Lipinski definition) is 1. The Bertz CT molecular complexity index is 364. The fourth-order valence-electron chi connectivity index (χ4n) is 2.02. The number of halogens is 2. The third kappa shape index (κ3) is 2.37. The zero-order chi connectivity index (χ0) is 11.5. The van der Waals surface area contributed by atoms with E-state index < -0.39 is 6.17 Å². The molecule has 1 aromatic rings. The topological polar surface area (TPSA) is 21.3 Å². The van der Waals surface area contributed by atoms with Crippen LogP contribution in [0.2, 0.25) is 5.02 Å². The molecule has 0 bridgehead atoms. The second kappa shape index (κ2) is 5.13. The third-order valence-electron chi connectivity index (χ3n) is 2.76. The predicted octanol–water partition coefficient (Wildman–Crippen LogP) is 3.03. The molecule has 2 unspecified atom stereocenters. The summed E-state index contributed by atoms with van der Waals surface area (Å²) in [6.45, 7) is 3.70. The molecule has 1 aliphatic heterocycles. The Morgan fingerprint density at radius 2 is 2.38 bits per heavy atom. The summed E-state index contributed by atoms with van der Waals surface area (Å²) in [4.78, 5) is 0. The van der Waals surface area contributed by atoms with Gasteiger partial charge in [0.1, 0.15) is 6.17 Å². The monoisotopic (exact) mass is 243 g/mol. The molecule has 2 atom stereocenters. The molecule has 0 spiro atoms. The first-order valence-electron chi connectivity index (χ1n) is 5.45. The van der Waals surface area contributed by atoms with Crippen molar-refractivity contribution in [3.05, 3.63) is 34.3 Å². The third-order valence-corrected chi connectivity index (χ3v) is 3.09. The van der Waals surface area contributed by atoms with Gasteiger partial charge in [-0.05, 0) is 18.6 Å². The first kappa shape index (κ1) is 11.8. The molecule has 0 aliphatic carbocycles. The van der Waals surface area contributed by atoms with Crippen molar-refractivity contribution in [1.82, 2.24) is 5.32 Å². The van der Waals surface area contributed by atoms with Gasteiger partial charge in [0.2, 0.25) is 0 Å². The molecule has 16 heavy (non-hydrogen) atoms. The Labute approximate surface area is 99.7 Å². The van der Waals surface area contributed by atoms with Gasteiger partial charge in [0.25, 0.3) is 0 Å². The van der Waals surface area contributed by atoms with E-state index in [0.717, 1.165) is 12.1 Å². The van der Waals surface area contributed by atoms with Crippen LogP contribution in [0.5, 0.6) is 0 Å². The number of morpholine rings is 1. The number of ether oxygens (including phenoxy) is 1. The predicted molar refractivity (Wildman–Crippen MR) is 62.5 cm³/mol. The van der Waals surface area contributed by atoms with E-state index in [1.165, 1.54) is 6.92 Å². The molecule has 4 heteroatoms. The van der Waals surface area contributed by atoms with Gasteiger partial charge in [-0.25, -0.2) is 4.39 Å². The first-order chi connectivity index (χ1) is 7.70. The summed E-state index contributed by atoms with van der Waals surface area (Å²) in [5.74, 6) is 0. The highest BCUT2D eigenvalue weighted by atomic mass is 35.5. The minimum Gasteiger partial charge on any atom is -0.371 e. The van der Waals surface area contributed by atoms with Gasteiger partial charge in [-0.15, -0.1) is 0 Å². The van der Waals surface area contributed by atoms with E-state index in [9.17, 15) is 4.39 Å². The lowest BCUT2D eigenvalue weighted by molar-refractivity contribution is 0.0265. The Morgan fingerprint density at radius 1 is 1.56 bits per heavy atom. The summed E-state index contributed by atoms with van der Waals surface area (Å²) in [5, 5.41) is 3.70. The molecule has 88 valence electrons. The van der Waals surface area contributed by atoms with E-state index in [0.29, 0.717) is 23.7 Å². The number of alkyl halides is 1. The van der Waals surface area contributed by atoms with E-state index in [2.05, 4.69) is 5.32 Å². The van der Waals surface area contributed by atoms with Crippen LogP contribution in [-0.2, 0) is 4.74 Å². The van der Waals surface area contributed by atoms with Crippen LogP contribution in [0, 0.1) is 0 Å². The van der Waals surface area contributed by atoms with Gasteiger partial charge in [0.05, 0.1) is 12.7 Å². The summed E-state index contributed by atoms with van der Waals surface area (Å²) in [7, 11) is 0. The molecule has 1 fully saturated rings. The van der Waals surface area contributed by atoms with Crippen LogP contribution in [0.15, 0.2) is 18.2 Å². The second-order valence-electron chi connectivity index (χ2n) is 3.92. The highest BCUT2D eigenvalue weighted by Crippen LogP contribution is 2.33. The molecule has 0 aromatic heterocycles. The lowest BCUT2D eigenvalue weighted by Gasteiger charge is -2.26. The Hall–Kier alpha value is -0.640. The van der Waals surface area contributed by atoms with Crippen LogP contribution in [0.1, 0.15) is 30.3 Å². The smallest absolute Gasteiger partial charge is 0.124 e. The number of rotatable bonds is 2. The maximum Gasteiger partial charge on any atom is 0.124 e. The van der Waals surface area contributed by atoms with Crippen LogP contribution in [0.4, 0.5) is 4.39 Å². The molecule has 1 aromatic carbocycles. The summed E-state index contributed by atoms with van der Waals surface area (Å²) in [6, 6.07) is 5.43. The number of hydrogen-bond acceptors (Lipinski definition) is 2. The van der Waals surface area contributed by atoms with Gasteiger partial charge in [-0.3, -0.25) is 0 Å². The van der Waals surface area contributed by atoms with Crippen molar-refractivity contribution < 1.29 is 9.13 Å². The quantitative estimate of drug-likeness (QED) is 0.862. The van der Waals surface area contributed by atoms with E-state index >= 15 is 0 Å². The van der Waals surface area contributed by atoms with Crippen LogP contribution in [0.25, 0.3) is 0 Å². The summed E-state index contributed by atoms with van der Waals surface area (Å²) in [6.07, 6.45) is -1.17. The molecule has 2 rings (SSSR count). The molecule has 0 amide bonds. The van der Waals surface area contributed by atoms with Gasteiger partial charge >= 0.3 is 0 Å². The maximum absolute atomic E-state index is 13.5. The van der Waals surface area contributed by atoms with Gasteiger partial charge < -0.3 is 10.1 Å². The standard InChI is InChI=1S/C12H15ClFNO/c1-8(14)12-9(3-2-4-10(12)13)11-7-15-5-6-16-11/h2-4,8,11,15H,5-7H2,1H3. The molecule has 1 aliphatic rings. The minimum atomic E-state index is -1.07. The minimum absolute atomic E-state index is 0.0966. The normalized spacial score (nSPS) is 23.1. The maximum atomic E-state index is 13.5. The number of benzene rings is 1. The van der Waals surface area contributed by atoms with Gasteiger partial charge in [-0.2, -0.15) is 0 Å². The highest BCUT2D eigenvalue weighted by Gasteiger charge is 2.22. The second-order valence-corrected chi connectivity index (χ2v) is 4.33. The molecular formula is C12H15ClFNO. The van der Waals surface area contributed by atoms with Crippen molar-refractivity contribution in [2.45, 2.75) is 19.2 Å². The van der Waals surface area contributed by atoms with Crippen molar-refractivity contribution in [2.24, 2.45) is 0 Å². The van der Waals surface area contributed by atoms with Gasteiger partial charge in [0.15, 0.2) is 0 Å². The van der Waals surface area contributed by atoms with Crippen molar-refractivity contribution in [2.75, 3.05) is 19.7 Å². The summed E-state index contributed by atoms with van der Waals surface area (Å²) >= 11 is 6.03. The van der Waals surface area contributed by atoms with Crippen molar-refractivity contribution >= 4 is 11.6 Å². The van der Waals surface area contributed by atoms with Gasteiger partial charge in [0, 0.05) is 23.7 Å². The van der Waals surface area contributed by atoms with Crippen LogP contribution in [0.3, 0.4) is 0 Å². The summed E-state index contributed by atoms with van der Waals surface area (Å²) in [5.41, 5.74) is 1.41. The first-order valence-corrected chi connectivity index (χ1v) is 5.82. The zero-order valence-corrected chi connectivity index (χ0v) is 9.93. The largest absolute Gasteiger partial charge is 0.371 e. The molecule has 0 saturated carbocycles. The molecule has 1 N–H and O–H groups in total. The number of nitrogens with one attached hydrogen (secondary N) is 1. The average Bonchev–Trinajstić information content (AvgIpc) is 2.29. The van der Waals surface area contributed by atoms with Crippen molar-refractivity contribution in [3.8, 4) is 0 Å². The molecule has 0 radical (unpaired) electrons. The Morgan fingerprint density at radius 3 is 3.00 bits per heavy atom. The molecule has 1 saturated heterocycles. The van der Waals surface area contributed by atoms with Gasteiger partial charge in [-0.1, -0.05) is 23.7 Å². The summed E-state index contributed by atoms with van der Waals surface area (Å²) < 4.78 is 19.2. The molecule has 1 heterocycles. The van der Waals surface area contributed by atoms with Crippen molar-refractivity contribution in [1.29, 1.82) is 0 Å². The van der Waals surface area contributed by atoms with E-state index in [1.54, 1.807) is 6.07 Å². The highest BCUT2D eigenvalue weighted by molar-refractivity contribution is 6.31. The SMILES string of the molecule is CC(F)c1c(Cl)cccc1C1CNCCO1. The van der Waals surface area contributed by atoms with E-state index in [1.807, 2.05) is 12.1 Å². The fraction of sp³-hybridized carbons (Fsp3) is 0.500.